The summed E-state index contributed by atoms with van der Waals surface area (Å²) in [5.74, 6) is 1.49. The summed E-state index contributed by atoms with van der Waals surface area (Å²) in [5, 5.41) is 3.65. The van der Waals surface area contributed by atoms with Gasteiger partial charge in [0.15, 0.2) is 11.5 Å². The van der Waals surface area contributed by atoms with E-state index >= 15 is 0 Å². The largest absolute Gasteiger partial charge is 0.441 e. The summed E-state index contributed by atoms with van der Waals surface area (Å²) in [6.07, 6.45) is 5.33. The third-order valence-electron chi connectivity index (χ3n) is 3.96. The fourth-order valence-corrected chi connectivity index (χ4v) is 2.88. The van der Waals surface area contributed by atoms with E-state index in [-0.39, 0.29) is 0 Å². The van der Waals surface area contributed by atoms with Crippen LogP contribution in [0, 0.1) is 12.8 Å². The SMILES string of the molecule is Cc1nc2cc(NC3CCCCC3C)ccc2o1. The van der Waals surface area contributed by atoms with Gasteiger partial charge in [0.25, 0.3) is 0 Å². The van der Waals surface area contributed by atoms with Crippen LogP contribution in [0.4, 0.5) is 5.69 Å². The van der Waals surface area contributed by atoms with E-state index in [4.69, 9.17) is 4.42 Å². The highest BCUT2D eigenvalue weighted by atomic mass is 16.3. The first-order valence-electron chi connectivity index (χ1n) is 6.86. The van der Waals surface area contributed by atoms with Crippen molar-refractivity contribution in [3.05, 3.63) is 24.1 Å². The molecule has 2 aromatic rings. The Morgan fingerprint density at radius 1 is 1.28 bits per heavy atom. The van der Waals surface area contributed by atoms with Crippen LogP contribution >= 0.6 is 0 Å². The molecule has 1 aliphatic rings. The molecule has 3 nitrogen and oxygen atoms in total. The molecular weight excluding hydrogens is 224 g/mol. The molecule has 0 amide bonds. The van der Waals surface area contributed by atoms with Gasteiger partial charge in [0, 0.05) is 18.7 Å². The van der Waals surface area contributed by atoms with Crippen molar-refractivity contribution in [2.75, 3.05) is 5.32 Å². The van der Waals surface area contributed by atoms with Crippen LogP contribution in [0.2, 0.25) is 0 Å². The maximum atomic E-state index is 5.50. The highest BCUT2D eigenvalue weighted by Gasteiger charge is 2.21. The van der Waals surface area contributed by atoms with E-state index in [9.17, 15) is 0 Å². The van der Waals surface area contributed by atoms with Gasteiger partial charge >= 0.3 is 0 Å². The first-order chi connectivity index (χ1) is 8.72. The van der Waals surface area contributed by atoms with Gasteiger partial charge in [-0.05, 0) is 37.0 Å². The Kier molecular flexibility index (Phi) is 2.98. The third kappa shape index (κ3) is 2.22. The summed E-state index contributed by atoms with van der Waals surface area (Å²) in [4.78, 5) is 4.38. The molecule has 0 spiro atoms. The Morgan fingerprint density at radius 2 is 2.11 bits per heavy atom. The summed E-state index contributed by atoms with van der Waals surface area (Å²) in [5.41, 5.74) is 2.98. The molecular formula is C15H20N2O. The van der Waals surface area contributed by atoms with E-state index in [2.05, 4.69) is 29.4 Å². The van der Waals surface area contributed by atoms with Crippen LogP contribution < -0.4 is 5.32 Å². The van der Waals surface area contributed by atoms with Crippen LogP contribution in [0.1, 0.15) is 38.5 Å². The minimum atomic E-state index is 0.601. The number of anilines is 1. The molecule has 3 heteroatoms. The first-order valence-corrected chi connectivity index (χ1v) is 6.86. The number of aryl methyl sites for hydroxylation is 1. The van der Waals surface area contributed by atoms with Crippen molar-refractivity contribution in [3.8, 4) is 0 Å². The van der Waals surface area contributed by atoms with Crippen molar-refractivity contribution in [1.82, 2.24) is 4.98 Å². The molecule has 1 aromatic heterocycles. The van der Waals surface area contributed by atoms with E-state index in [1.54, 1.807) is 0 Å². The van der Waals surface area contributed by atoms with Gasteiger partial charge in [0.2, 0.25) is 0 Å². The van der Waals surface area contributed by atoms with Crippen molar-refractivity contribution in [2.24, 2.45) is 5.92 Å². The van der Waals surface area contributed by atoms with Gasteiger partial charge in [-0.3, -0.25) is 0 Å². The Balaban J connectivity index is 1.81. The second kappa shape index (κ2) is 4.63. The van der Waals surface area contributed by atoms with Crippen LogP contribution in [-0.4, -0.2) is 11.0 Å². The van der Waals surface area contributed by atoms with Crippen molar-refractivity contribution < 1.29 is 4.42 Å². The number of oxazole rings is 1. The number of nitrogens with zero attached hydrogens (tertiary/aromatic N) is 1. The summed E-state index contributed by atoms with van der Waals surface area (Å²) in [7, 11) is 0. The fraction of sp³-hybridized carbons (Fsp3) is 0.533. The molecule has 2 atom stereocenters. The molecule has 2 unspecified atom stereocenters. The molecule has 1 N–H and O–H groups in total. The number of aromatic nitrogens is 1. The van der Waals surface area contributed by atoms with Crippen LogP contribution in [0.5, 0.6) is 0 Å². The average Bonchev–Trinajstić information content (AvgIpc) is 2.71. The molecule has 18 heavy (non-hydrogen) atoms. The first kappa shape index (κ1) is 11.6. The highest BCUT2D eigenvalue weighted by Crippen LogP contribution is 2.28. The molecule has 0 bridgehead atoms. The Morgan fingerprint density at radius 3 is 2.94 bits per heavy atom. The topological polar surface area (TPSA) is 38.1 Å². The van der Waals surface area contributed by atoms with Gasteiger partial charge in [-0.2, -0.15) is 0 Å². The van der Waals surface area contributed by atoms with Crippen LogP contribution in [-0.2, 0) is 0 Å². The molecule has 96 valence electrons. The maximum absolute atomic E-state index is 5.50. The quantitative estimate of drug-likeness (QED) is 0.863. The number of fused-ring (bicyclic) bond motifs is 1. The predicted molar refractivity (Wildman–Crippen MR) is 73.8 cm³/mol. The monoisotopic (exact) mass is 244 g/mol. The molecule has 1 saturated carbocycles. The van der Waals surface area contributed by atoms with Crippen LogP contribution in [0.15, 0.2) is 22.6 Å². The zero-order valence-corrected chi connectivity index (χ0v) is 11.1. The summed E-state index contributed by atoms with van der Waals surface area (Å²) in [6.45, 7) is 4.23. The molecule has 1 aliphatic carbocycles. The smallest absolute Gasteiger partial charge is 0.192 e. The third-order valence-corrected chi connectivity index (χ3v) is 3.96. The van der Waals surface area contributed by atoms with Gasteiger partial charge in [0.1, 0.15) is 5.52 Å². The lowest BCUT2D eigenvalue weighted by molar-refractivity contribution is 0.349. The Hall–Kier alpha value is -1.51. The Labute approximate surface area is 108 Å². The number of hydrogen-bond acceptors (Lipinski definition) is 3. The normalized spacial score (nSPS) is 24.3. The van der Waals surface area contributed by atoms with E-state index in [1.807, 2.05) is 13.0 Å². The molecule has 3 rings (SSSR count). The second-order valence-electron chi connectivity index (χ2n) is 5.43. The van der Waals surface area contributed by atoms with Crippen molar-refractivity contribution in [3.63, 3.8) is 0 Å². The number of hydrogen-bond donors (Lipinski definition) is 1. The molecule has 1 heterocycles. The van der Waals surface area contributed by atoms with Gasteiger partial charge in [-0.1, -0.05) is 19.8 Å². The minimum Gasteiger partial charge on any atom is -0.441 e. The van der Waals surface area contributed by atoms with Gasteiger partial charge in [0.05, 0.1) is 0 Å². The zero-order chi connectivity index (χ0) is 12.5. The Bertz CT molecular complexity index is 546. The van der Waals surface area contributed by atoms with Gasteiger partial charge in [-0.25, -0.2) is 4.98 Å². The minimum absolute atomic E-state index is 0.601. The molecule has 0 radical (unpaired) electrons. The van der Waals surface area contributed by atoms with E-state index in [0.29, 0.717) is 6.04 Å². The van der Waals surface area contributed by atoms with E-state index < -0.39 is 0 Å². The lowest BCUT2D eigenvalue weighted by Crippen LogP contribution is -2.30. The van der Waals surface area contributed by atoms with Crippen molar-refractivity contribution in [1.29, 1.82) is 0 Å². The number of nitrogens with one attached hydrogen (secondary N) is 1. The molecule has 0 saturated heterocycles. The zero-order valence-electron chi connectivity index (χ0n) is 11.1. The van der Waals surface area contributed by atoms with Gasteiger partial charge in [-0.15, -0.1) is 0 Å². The van der Waals surface area contributed by atoms with Gasteiger partial charge < -0.3 is 9.73 Å². The van der Waals surface area contributed by atoms with Crippen molar-refractivity contribution >= 4 is 16.8 Å². The number of benzene rings is 1. The second-order valence-corrected chi connectivity index (χ2v) is 5.43. The predicted octanol–water partition coefficient (Wildman–Crippen LogP) is 4.13. The van der Waals surface area contributed by atoms with Crippen molar-refractivity contribution in [2.45, 2.75) is 45.6 Å². The lowest BCUT2D eigenvalue weighted by Gasteiger charge is -2.30. The molecule has 1 fully saturated rings. The molecule has 0 aliphatic heterocycles. The lowest BCUT2D eigenvalue weighted by atomic mass is 9.86. The van der Waals surface area contributed by atoms with Crippen LogP contribution in [0.25, 0.3) is 11.1 Å². The molecule has 1 aromatic carbocycles. The maximum Gasteiger partial charge on any atom is 0.192 e. The summed E-state index contributed by atoms with van der Waals surface area (Å²) in [6, 6.07) is 6.79. The average molecular weight is 244 g/mol. The van der Waals surface area contributed by atoms with E-state index in [0.717, 1.165) is 28.6 Å². The summed E-state index contributed by atoms with van der Waals surface area (Å²) >= 11 is 0. The number of rotatable bonds is 2. The summed E-state index contributed by atoms with van der Waals surface area (Å²) < 4.78 is 5.50. The standard InChI is InChI=1S/C15H20N2O/c1-10-5-3-4-6-13(10)17-12-7-8-15-14(9-12)16-11(2)18-15/h7-10,13,17H,3-6H2,1-2H3. The van der Waals surface area contributed by atoms with E-state index in [1.165, 1.54) is 25.7 Å². The fourth-order valence-electron chi connectivity index (χ4n) is 2.88. The highest BCUT2D eigenvalue weighted by molar-refractivity contribution is 5.77. The van der Waals surface area contributed by atoms with Crippen LogP contribution in [0.3, 0.4) is 0 Å².